The predicted molar refractivity (Wildman–Crippen MR) is 193 cm³/mol. The standard InChI is InChI=1S/C41H44N4O5/c1-40(2,3)50-39(49)44-36(27-30-17-8-4-9-18-30)37(46)43-35(38(47)48)26-16-25-34-28-45(29-42-34)41(31-19-10-5-11-20-31,32-21-12-6-13-22-32)33-23-14-7-15-24-33/h4-15,17-24,28-29,35-36H,16,25-27H2,1-3H3,(H,43,46)(H,44,49)(H,47,48)/t35?,36-/m0/s1. The van der Waals surface area contributed by atoms with Gasteiger partial charge in [-0.05, 0) is 62.3 Å². The van der Waals surface area contributed by atoms with Crippen LogP contribution in [-0.4, -0.2) is 50.3 Å². The maximum atomic E-state index is 13.5. The summed E-state index contributed by atoms with van der Waals surface area (Å²) in [5, 5.41) is 15.3. The summed E-state index contributed by atoms with van der Waals surface area (Å²) >= 11 is 0. The van der Waals surface area contributed by atoms with Gasteiger partial charge in [0, 0.05) is 12.6 Å². The van der Waals surface area contributed by atoms with E-state index < -0.39 is 41.2 Å². The van der Waals surface area contributed by atoms with Crippen LogP contribution in [0, 0.1) is 0 Å². The number of alkyl carbamates (subject to hydrolysis) is 1. The number of hydrogen-bond donors (Lipinski definition) is 3. The monoisotopic (exact) mass is 672 g/mol. The molecular formula is C41H44N4O5. The van der Waals surface area contributed by atoms with Crippen molar-refractivity contribution in [2.75, 3.05) is 0 Å². The lowest BCUT2D eigenvalue weighted by Crippen LogP contribution is -2.53. The van der Waals surface area contributed by atoms with Crippen LogP contribution in [0.2, 0.25) is 0 Å². The number of carboxylic acid groups (broad SMARTS) is 1. The molecule has 4 aromatic carbocycles. The van der Waals surface area contributed by atoms with Gasteiger partial charge >= 0.3 is 12.1 Å². The van der Waals surface area contributed by atoms with E-state index in [1.165, 1.54) is 0 Å². The highest BCUT2D eigenvalue weighted by molar-refractivity contribution is 5.89. The minimum absolute atomic E-state index is 0.166. The lowest BCUT2D eigenvalue weighted by molar-refractivity contribution is -0.142. The molecule has 0 fully saturated rings. The molecule has 3 N–H and O–H groups in total. The lowest BCUT2D eigenvalue weighted by atomic mass is 9.77. The van der Waals surface area contributed by atoms with Crippen LogP contribution in [0.15, 0.2) is 134 Å². The van der Waals surface area contributed by atoms with Crippen LogP contribution in [0.25, 0.3) is 0 Å². The van der Waals surface area contributed by atoms with Crippen LogP contribution < -0.4 is 10.6 Å². The van der Waals surface area contributed by atoms with Crippen LogP contribution in [-0.2, 0) is 32.7 Å². The first kappa shape index (κ1) is 35.6. The number of rotatable bonds is 14. The van der Waals surface area contributed by atoms with Gasteiger partial charge in [0.1, 0.15) is 23.2 Å². The van der Waals surface area contributed by atoms with Gasteiger partial charge in [-0.2, -0.15) is 0 Å². The summed E-state index contributed by atoms with van der Waals surface area (Å²) in [6, 6.07) is 37.9. The highest BCUT2D eigenvalue weighted by Crippen LogP contribution is 2.40. The molecule has 5 rings (SSSR count). The van der Waals surface area contributed by atoms with E-state index in [2.05, 4.69) is 51.6 Å². The van der Waals surface area contributed by atoms with Crippen LogP contribution in [0.4, 0.5) is 4.79 Å². The molecule has 9 nitrogen and oxygen atoms in total. The van der Waals surface area contributed by atoms with Gasteiger partial charge in [0.15, 0.2) is 0 Å². The van der Waals surface area contributed by atoms with Crippen molar-refractivity contribution in [3.63, 3.8) is 0 Å². The van der Waals surface area contributed by atoms with Gasteiger partial charge in [-0.3, -0.25) is 4.79 Å². The molecule has 9 heteroatoms. The third-order valence-corrected chi connectivity index (χ3v) is 8.43. The maximum absolute atomic E-state index is 13.5. The van der Waals surface area contributed by atoms with Gasteiger partial charge in [-0.15, -0.1) is 0 Å². The molecule has 5 aromatic rings. The Balaban J connectivity index is 1.33. The van der Waals surface area contributed by atoms with Crippen molar-refractivity contribution in [1.29, 1.82) is 0 Å². The second-order valence-electron chi connectivity index (χ2n) is 13.3. The molecular weight excluding hydrogens is 628 g/mol. The zero-order valence-corrected chi connectivity index (χ0v) is 28.7. The summed E-state index contributed by atoms with van der Waals surface area (Å²) in [6.45, 7) is 5.19. The van der Waals surface area contributed by atoms with Gasteiger partial charge in [0.25, 0.3) is 0 Å². The number of nitrogens with zero attached hydrogens (tertiary/aromatic N) is 2. The molecule has 1 heterocycles. The summed E-state index contributed by atoms with van der Waals surface area (Å²) in [5.41, 5.74) is 3.34. The average molecular weight is 673 g/mol. The number of ether oxygens (including phenoxy) is 1. The third-order valence-electron chi connectivity index (χ3n) is 8.43. The Hall–Kier alpha value is -5.70. The zero-order chi connectivity index (χ0) is 35.6. The van der Waals surface area contributed by atoms with Crippen LogP contribution in [0.5, 0.6) is 0 Å². The number of carboxylic acids is 1. The number of aliphatic carboxylic acids is 1. The number of carbonyl (C=O) groups is 3. The Morgan fingerprint density at radius 3 is 1.72 bits per heavy atom. The van der Waals surface area contributed by atoms with Crippen molar-refractivity contribution in [3.05, 3.63) is 162 Å². The van der Waals surface area contributed by atoms with Crippen LogP contribution in [0.1, 0.15) is 61.6 Å². The fourth-order valence-corrected chi connectivity index (χ4v) is 6.19. The number of aryl methyl sites for hydroxylation is 1. The number of hydrogen-bond acceptors (Lipinski definition) is 5. The lowest BCUT2D eigenvalue weighted by Gasteiger charge is -2.37. The zero-order valence-electron chi connectivity index (χ0n) is 28.7. The normalized spacial score (nSPS) is 12.8. The van der Waals surface area contributed by atoms with Gasteiger partial charge in [0.05, 0.1) is 12.0 Å². The summed E-state index contributed by atoms with van der Waals surface area (Å²) in [5.74, 6) is -1.76. The van der Waals surface area contributed by atoms with Crippen LogP contribution >= 0.6 is 0 Å². The second kappa shape index (κ2) is 16.1. The molecule has 1 aromatic heterocycles. The Labute approximate surface area is 293 Å². The first-order valence-corrected chi connectivity index (χ1v) is 16.8. The summed E-state index contributed by atoms with van der Waals surface area (Å²) in [6.07, 6.45) is 4.36. The minimum atomic E-state index is -1.17. The fraction of sp³-hybridized carbons (Fsp3) is 0.268. The highest BCUT2D eigenvalue weighted by Gasteiger charge is 2.38. The first-order chi connectivity index (χ1) is 24.1. The van der Waals surface area contributed by atoms with Crippen LogP contribution in [0.3, 0.4) is 0 Å². The summed E-state index contributed by atoms with van der Waals surface area (Å²) in [4.78, 5) is 43.2. The molecule has 0 saturated carbocycles. The van der Waals surface area contributed by atoms with E-state index in [0.717, 1.165) is 27.9 Å². The van der Waals surface area contributed by atoms with E-state index in [-0.39, 0.29) is 12.8 Å². The van der Waals surface area contributed by atoms with E-state index in [9.17, 15) is 19.5 Å². The first-order valence-electron chi connectivity index (χ1n) is 16.8. The minimum Gasteiger partial charge on any atom is -0.480 e. The summed E-state index contributed by atoms with van der Waals surface area (Å²) < 4.78 is 7.50. The quantitative estimate of drug-likeness (QED) is 0.112. The van der Waals surface area contributed by atoms with E-state index in [1.807, 2.05) is 97.5 Å². The number of aromatic nitrogens is 2. The van der Waals surface area contributed by atoms with Crippen molar-refractivity contribution < 1.29 is 24.2 Å². The Morgan fingerprint density at radius 1 is 0.740 bits per heavy atom. The molecule has 0 radical (unpaired) electrons. The molecule has 0 saturated heterocycles. The topological polar surface area (TPSA) is 123 Å². The van der Waals surface area contributed by atoms with E-state index >= 15 is 0 Å². The van der Waals surface area contributed by atoms with Crippen molar-refractivity contribution in [2.24, 2.45) is 0 Å². The molecule has 258 valence electrons. The molecule has 2 atom stereocenters. The summed E-state index contributed by atoms with van der Waals surface area (Å²) in [7, 11) is 0. The van der Waals surface area contributed by atoms with E-state index in [1.54, 1.807) is 20.8 Å². The Bertz CT molecular complexity index is 1740. The molecule has 0 aliphatic carbocycles. The van der Waals surface area contributed by atoms with Gasteiger partial charge in [0.2, 0.25) is 5.91 Å². The van der Waals surface area contributed by atoms with Gasteiger partial charge in [-0.1, -0.05) is 121 Å². The number of imidazole rings is 1. The Morgan fingerprint density at radius 2 is 1.24 bits per heavy atom. The molecule has 0 spiro atoms. The Kier molecular flexibility index (Phi) is 11.5. The third kappa shape index (κ3) is 8.85. The number of amides is 2. The molecule has 0 aliphatic heterocycles. The predicted octanol–water partition coefficient (Wildman–Crippen LogP) is 6.75. The number of benzene rings is 4. The van der Waals surface area contributed by atoms with Crippen molar-refractivity contribution >= 4 is 18.0 Å². The number of carbonyl (C=O) groups excluding carboxylic acids is 2. The second-order valence-corrected chi connectivity index (χ2v) is 13.3. The SMILES string of the molecule is CC(C)(C)OC(=O)N[C@@H](Cc1ccccc1)C(=O)NC(CCCc1cn(C(c2ccccc2)(c2ccccc2)c2ccccc2)cn1)C(=O)O. The molecule has 0 bridgehead atoms. The largest absolute Gasteiger partial charge is 0.480 e. The maximum Gasteiger partial charge on any atom is 0.408 e. The van der Waals surface area contributed by atoms with Gasteiger partial charge in [-0.25, -0.2) is 14.6 Å². The molecule has 0 aliphatic rings. The van der Waals surface area contributed by atoms with Gasteiger partial charge < -0.3 is 25.0 Å². The molecule has 1 unspecified atom stereocenters. The number of nitrogens with one attached hydrogen (secondary N) is 2. The van der Waals surface area contributed by atoms with E-state index in [0.29, 0.717) is 12.8 Å². The molecule has 50 heavy (non-hydrogen) atoms. The van der Waals surface area contributed by atoms with Crippen molar-refractivity contribution in [3.8, 4) is 0 Å². The average Bonchev–Trinajstić information content (AvgIpc) is 3.58. The smallest absolute Gasteiger partial charge is 0.408 e. The van der Waals surface area contributed by atoms with E-state index in [4.69, 9.17) is 9.72 Å². The van der Waals surface area contributed by atoms with Crippen molar-refractivity contribution in [1.82, 2.24) is 20.2 Å². The highest BCUT2D eigenvalue weighted by atomic mass is 16.6. The fourth-order valence-electron chi connectivity index (χ4n) is 6.19. The van der Waals surface area contributed by atoms with Crippen molar-refractivity contribution in [2.45, 2.75) is 69.7 Å². The molecule has 2 amide bonds.